The van der Waals surface area contributed by atoms with Gasteiger partial charge in [0.2, 0.25) is 5.43 Å². The molecule has 0 fully saturated rings. The zero-order chi connectivity index (χ0) is 10.0. The lowest BCUT2D eigenvalue weighted by atomic mass is 10.2. The number of nitriles is 1. The van der Waals surface area contributed by atoms with Crippen LogP contribution in [0.25, 0.3) is 0 Å². The smallest absolute Gasteiger partial charge is 0.278 e. The van der Waals surface area contributed by atoms with Crippen LogP contribution in [-0.4, -0.2) is 4.98 Å². The van der Waals surface area contributed by atoms with E-state index in [2.05, 4.69) is 4.98 Å². The van der Waals surface area contributed by atoms with Crippen LogP contribution in [0.4, 0.5) is 8.78 Å². The minimum Gasteiger partial charge on any atom is -0.348 e. The predicted octanol–water partition coefficient (Wildman–Crippen LogP) is 1.79. The third kappa shape index (κ3) is 2.03. The average molecular weight is 296 g/mol. The molecule has 0 aromatic carbocycles. The second-order valence-electron chi connectivity index (χ2n) is 2.19. The molecule has 0 amide bonds. The van der Waals surface area contributed by atoms with Gasteiger partial charge in [-0.05, 0) is 22.6 Å². The monoisotopic (exact) mass is 296 g/mol. The summed E-state index contributed by atoms with van der Waals surface area (Å²) in [5, 5.41) is 8.47. The molecule has 6 heteroatoms. The SMILES string of the molecule is N#Cc1c(I)[nH]c(C(F)F)cc1=O. The van der Waals surface area contributed by atoms with E-state index in [0.717, 1.165) is 6.07 Å². The Balaban J connectivity index is 3.40. The third-order valence-corrected chi connectivity index (χ3v) is 2.16. The van der Waals surface area contributed by atoms with Crippen molar-refractivity contribution in [2.75, 3.05) is 0 Å². The molecule has 13 heavy (non-hydrogen) atoms. The Labute approximate surface area is 85.5 Å². The highest BCUT2D eigenvalue weighted by atomic mass is 127. The second-order valence-corrected chi connectivity index (χ2v) is 3.27. The molecule has 1 N–H and O–H groups in total. The van der Waals surface area contributed by atoms with Gasteiger partial charge in [-0.2, -0.15) is 5.26 Å². The van der Waals surface area contributed by atoms with Crippen LogP contribution in [0.15, 0.2) is 10.9 Å². The summed E-state index contributed by atoms with van der Waals surface area (Å²) in [6.07, 6.45) is -2.73. The summed E-state index contributed by atoms with van der Waals surface area (Å²) in [6.45, 7) is 0. The first kappa shape index (κ1) is 10.1. The zero-order valence-corrected chi connectivity index (χ0v) is 8.30. The Hall–Kier alpha value is -0.970. The van der Waals surface area contributed by atoms with Crippen molar-refractivity contribution in [3.63, 3.8) is 0 Å². The Bertz CT molecular complexity index is 421. The summed E-state index contributed by atoms with van der Waals surface area (Å²) < 4.78 is 24.4. The van der Waals surface area contributed by atoms with Gasteiger partial charge in [-0.3, -0.25) is 4.79 Å². The summed E-state index contributed by atoms with van der Waals surface area (Å²) in [4.78, 5) is 13.3. The van der Waals surface area contributed by atoms with Crippen LogP contribution in [0.1, 0.15) is 17.7 Å². The molecule has 0 saturated carbocycles. The molecule has 68 valence electrons. The molecule has 0 saturated heterocycles. The molecule has 1 aromatic heterocycles. The summed E-state index contributed by atoms with van der Waals surface area (Å²) in [6, 6.07) is 2.37. The first-order valence-electron chi connectivity index (χ1n) is 3.17. The molecule has 0 aliphatic heterocycles. The van der Waals surface area contributed by atoms with Crippen molar-refractivity contribution in [1.82, 2.24) is 4.98 Å². The van der Waals surface area contributed by atoms with Crippen LogP contribution in [0.2, 0.25) is 0 Å². The quantitative estimate of drug-likeness (QED) is 0.634. The van der Waals surface area contributed by atoms with Crippen molar-refractivity contribution in [1.29, 1.82) is 5.26 Å². The van der Waals surface area contributed by atoms with E-state index in [9.17, 15) is 13.6 Å². The maximum absolute atomic E-state index is 12.1. The lowest BCUT2D eigenvalue weighted by Crippen LogP contribution is -2.11. The van der Waals surface area contributed by atoms with E-state index in [-0.39, 0.29) is 9.26 Å². The van der Waals surface area contributed by atoms with Crippen molar-refractivity contribution in [2.45, 2.75) is 6.43 Å². The highest BCUT2D eigenvalue weighted by molar-refractivity contribution is 14.1. The van der Waals surface area contributed by atoms with E-state index in [1.54, 1.807) is 28.7 Å². The van der Waals surface area contributed by atoms with Crippen molar-refractivity contribution < 1.29 is 8.78 Å². The Kier molecular flexibility index (Phi) is 2.98. The fourth-order valence-electron chi connectivity index (χ4n) is 0.769. The van der Waals surface area contributed by atoms with Crippen LogP contribution in [0.3, 0.4) is 0 Å². The summed E-state index contributed by atoms with van der Waals surface area (Å²) >= 11 is 1.63. The van der Waals surface area contributed by atoms with Crippen LogP contribution in [0.5, 0.6) is 0 Å². The molecule has 0 spiro atoms. The van der Waals surface area contributed by atoms with E-state index in [1.165, 1.54) is 0 Å². The van der Waals surface area contributed by atoms with Gasteiger partial charge >= 0.3 is 0 Å². The topological polar surface area (TPSA) is 56.6 Å². The number of alkyl halides is 2. The number of aromatic amines is 1. The van der Waals surface area contributed by atoms with Gasteiger partial charge in [0.25, 0.3) is 6.43 Å². The predicted molar refractivity (Wildman–Crippen MR) is 49.5 cm³/mol. The van der Waals surface area contributed by atoms with Crippen molar-refractivity contribution in [3.05, 3.63) is 31.2 Å². The normalized spacial score (nSPS) is 10.1. The Morgan fingerprint density at radius 3 is 2.62 bits per heavy atom. The van der Waals surface area contributed by atoms with Crippen molar-refractivity contribution in [2.24, 2.45) is 0 Å². The van der Waals surface area contributed by atoms with E-state index < -0.39 is 17.5 Å². The zero-order valence-electron chi connectivity index (χ0n) is 6.14. The maximum Gasteiger partial charge on any atom is 0.278 e. The molecule has 1 aromatic rings. The van der Waals surface area contributed by atoms with E-state index in [4.69, 9.17) is 5.26 Å². The summed E-state index contributed by atoms with van der Waals surface area (Å²) in [5.41, 5.74) is -1.28. The average Bonchev–Trinajstić information content (AvgIpc) is 2.03. The van der Waals surface area contributed by atoms with E-state index >= 15 is 0 Å². The first-order chi connectivity index (χ1) is 6.06. The highest BCUT2D eigenvalue weighted by Crippen LogP contribution is 2.16. The molecule has 0 bridgehead atoms. The van der Waals surface area contributed by atoms with Gasteiger partial charge in [-0.25, -0.2) is 8.78 Å². The van der Waals surface area contributed by atoms with E-state index in [1.807, 2.05) is 0 Å². The molecular formula is C7H3F2IN2O. The number of rotatable bonds is 1. The van der Waals surface area contributed by atoms with Crippen molar-refractivity contribution >= 4 is 22.6 Å². The number of nitrogens with zero attached hydrogens (tertiary/aromatic N) is 1. The molecule has 3 nitrogen and oxygen atoms in total. The van der Waals surface area contributed by atoms with Gasteiger partial charge in [0.05, 0.1) is 9.39 Å². The van der Waals surface area contributed by atoms with Crippen LogP contribution >= 0.6 is 22.6 Å². The Morgan fingerprint density at radius 1 is 1.62 bits per heavy atom. The highest BCUT2D eigenvalue weighted by Gasteiger charge is 2.12. The number of hydrogen-bond acceptors (Lipinski definition) is 2. The third-order valence-electron chi connectivity index (χ3n) is 1.35. The van der Waals surface area contributed by atoms with Gasteiger partial charge in [0.15, 0.2) is 0 Å². The van der Waals surface area contributed by atoms with Gasteiger partial charge in [0.1, 0.15) is 11.6 Å². The molecular weight excluding hydrogens is 293 g/mol. The minimum atomic E-state index is -2.73. The molecule has 0 atom stereocenters. The molecule has 1 rings (SSSR count). The second kappa shape index (κ2) is 3.83. The van der Waals surface area contributed by atoms with Crippen LogP contribution in [-0.2, 0) is 0 Å². The standard InChI is InChI=1S/C7H3F2IN2O/c8-6(9)4-1-5(13)3(2-11)7(10)12-4/h1,6H,(H,12,13). The van der Waals surface area contributed by atoms with Gasteiger partial charge in [0, 0.05) is 6.07 Å². The Morgan fingerprint density at radius 2 is 2.23 bits per heavy atom. The van der Waals surface area contributed by atoms with Gasteiger partial charge in [-0.1, -0.05) is 0 Å². The number of nitrogens with one attached hydrogen (secondary N) is 1. The molecule has 0 unspecified atom stereocenters. The van der Waals surface area contributed by atoms with E-state index in [0.29, 0.717) is 0 Å². The van der Waals surface area contributed by atoms with Gasteiger partial charge < -0.3 is 4.98 Å². The fourth-order valence-corrected chi connectivity index (χ4v) is 1.47. The number of hydrogen-bond donors (Lipinski definition) is 1. The molecule has 0 aliphatic carbocycles. The number of halogens is 3. The van der Waals surface area contributed by atoms with Gasteiger partial charge in [-0.15, -0.1) is 0 Å². The number of pyridine rings is 1. The van der Waals surface area contributed by atoms with Crippen LogP contribution < -0.4 is 5.43 Å². The van der Waals surface area contributed by atoms with Crippen LogP contribution in [0, 0.1) is 15.0 Å². The van der Waals surface area contributed by atoms with Crippen molar-refractivity contribution in [3.8, 4) is 6.07 Å². The summed E-state index contributed by atoms with van der Waals surface area (Å²) in [5.74, 6) is 0. The maximum atomic E-state index is 12.1. The number of H-pyrrole nitrogens is 1. The minimum absolute atomic E-state index is 0.134. The fraction of sp³-hybridized carbons (Fsp3) is 0.143. The molecule has 0 aliphatic rings. The summed E-state index contributed by atoms with van der Waals surface area (Å²) in [7, 11) is 0. The lowest BCUT2D eigenvalue weighted by molar-refractivity contribution is 0.145. The first-order valence-corrected chi connectivity index (χ1v) is 4.25. The molecule has 0 radical (unpaired) electrons. The lowest BCUT2D eigenvalue weighted by Gasteiger charge is -2.01. The largest absolute Gasteiger partial charge is 0.348 e. The number of aromatic nitrogens is 1. The molecule has 1 heterocycles.